The fourth-order valence-electron chi connectivity index (χ4n) is 1.46. The Bertz CT molecular complexity index is 326. The van der Waals surface area contributed by atoms with Crippen LogP contribution in [0.25, 0.3) is 0 Å². The van der Waals surface area contributed by atoms with Crippen molar-refractivity contribution in [2.75, 3.05) is 13.2 Å². The van der Waals surface area contributed by atoms with Gasteiger partial charge in [0, 0.05) is 0 Å². The highest BCUT2D eigenvalue weighted by molar-refractivity contribution is 5.24. The zero-order valence-electron chi connectivity index (χ0n) is 10.9. The van der Waals surface area contributed by atoms with Crippen LogP contribution in [0.2, 0.25) is 0 Å². The summed E-state index contributed by atoms with van der Waals surface area (Å²) in [6.45, 7) is 6.43. The van der Waals surface area contributed by atoms with E-state index >= 15 is 0 Å². The minimum Gasteiger partial charge on any atom is -0.394 e. The van der Waals surface area contributed by atoms with E-state index < -0.39 is 5.54 Å². The van der Waals surface area contributed by atoms with Crippen molar-refractivity contribution >= 4 is 0 Å². The van der Waals surface area contributed by atoms with Crippen LogP contribution in [0.4, 0.5) is 0 Å². The normalized spacial score (nSPS) is 16.8. The Hall–Kier alpha value is -0.900. The molecule has 2 atom stereocenters. The van der Waals surface area contributed by atoms with Gasteiger partial charge in [0.05, 0.1) is 24.9 Å². The fraction of sp³-hybridized carbons (Fsp3) is 0.571. The second-order valence-electron chi connectivity index (χ2n) is 4.94. The number of nitrogens with two attached hydrogens (primary N) is 1. The van der Waals surface area contributed by atoms with Crippen molar-refractivity contribution in [2.24, 2.45) is 11.7 Å². The lowest BCUT2D eigenvalue weighted by atomic mass is 9.93. The van der Waals surface area contributed by atoms with Crippen molar-refractivity contribution in [3.8, 4) is 0 Å². The van der Waals surface area contributed by atoms with Gasteiger partial charge >= 0.3 is 0 Å². The minimum atomic E-state index is -0.815. The van der Waals surface area contributed by atoms with E-state index in [-0.39, 0.29) is 12.7 Å². The van der Waals surface area contributed by atoms with Gasteiger partial charge in [-0.05, 0) is 18.4 Å². The molecule has 0 aromatic heterocycles. The average Bonchev–Trinajstić information content (AvgIpc) is 2.36. The standard InChI is InChI=1S/C14H23NO2/c1-11(2)12(3)17-10-14(15,9-16)13-7-5-4-6-8-13/h4-8,11-12,16H,9-10,15H2,1-3H3. The molecular formula is C14H23NO2. The van der Waals surface area contributed by atoms with Gasteiger partial charge in [-0.2, -0.15) is 0 Å². The van der Waals surface area contributed by atoms with Crippen LogP contribution in [0.1, 0.15) is 26.3 Å². The topological polar surface area (TPSA) is 55.5 Å². The van der Waals surface area contributed by atoms with Gasteiger partial charge in [-0.15, -0.1) is 0 Å². The Morgan fingerprint density at radius 2 is 1.82 bits per heavy atom. The van der Waals surface area contributed by atoms with Crippen LogP contribution < -0.4 is 5.73 Å². The Morgan fingerprint density at radius 3 is 2.29 bits per heavy atom. The first-order chi connectivity index (χ1) is 7.99. The van der Waals surface area contributed by atoms with E-state index in [4.69, 9.17) is 10.5 Å². The highest BCUT2D eigenvalue weighted by atomic mass is 16.5. The first kappa shape index (κ1) is 14.2. The van der Waals surface area contributed by atoms with E-state index in [1.165, 1.54) is 0 Å². The summed E-state index contributed by atoms with van der Waals surface area (Å²) in [7, 11) is 0. The van der Waals surface area contributed by atoms with Gasteiger partial charge in [-0.1, -0.05) is 44.2 Å². The molecule has 1 aromatic rings. The number of aliphatic hydroxyl groups excluding tert-OH is 1. The number of hydrogen-bond acceptors (Lipinski definition) is 3. The quantitative estimate of drug-likeness (QED) is 0.794. The van der Waals surface area contributed by atoms with Crippen molar-refractivity contribution in [1.82, 2.24) is 0 Å². The molecule has 0 radical (unpaired) electrons. The summed E-state index contributed by atoms with van der Waals surface area (Å²) < 4.78 is 5.73. The number of hydrogen-bond donors (Lipinski definition) is 2. The Kier molecular flexibility index (Phi) is 5.12. The molecule has 0 saturated heterocycles. The first-order valence-electron chi connectivity index (χ1n) is 6.06. The van der Waals surface area contributed by atoms with Gasteiger partial charge < -0.3 is 15.6 Å². The fourth-order valence-corrected chi connectivity index (χ4v) is 1.46. The van der Waals surface area contributed by atoms with Crippen molar-refractivity contribution < 1.29 is 9.84 Å². The summed E-state index contributed by atoms with van der Waals surface area (Å²) in [5.74, 6) is 0.439. The van der Waals surface area contributed by atoms with Crippen molar-refractivity contribution in [3.05, 3.63) is 35.9 Å². The van der Waals surface area contributed by atoms with Crippen LogP contribution >= 0.6 is 0 Å². The zero-order valence-corrected chi connectivity index (χ0v) is 10.9. The lowest BCUT2D eigenvalue weighted by molar-refractivity contribution is -0.0101. The van der Waals surface area contributed by atoms with Gasteiger partial charge in [0.15, 0.2) is 0 Å². The molecule has 0 fully saturated rings. The Morgan fingerprint density at radius 1 is 1.24 bits per heavy atom. The monoisotopic (exact) mass is 237 g/mol. The number of benzene rings is 1. The lowest BCUT2D eigenvalue weighted by Crippen LogP contribution is -2.46. The first-order valence-corrected chi connectivity index (χ1v) is 6.06. The third kappa shape index (κ3) is 3.80. The molecule has 3 nitrogen and oxygen atoms in total. The van der Waals surface area contributed by atoms with Gasteiger partial charge in [0.25, 0.3) is 0 Å². The highest BCUT2D eigenvalue weighted by Gasteiger charge is 2.27. The van der Waals surface area contributed by atoms with E-state index in [0.717, 1.165) is 5.56 Å². The molecule has 0 aliphatic heterocycles. The van der Waals surface area contributed by atoms with Gasteiger partial charge in [-0.3, -0.25) is 0 Å². The molecule has 0 amide bonds. The van der Waals surface area contributed by atoms with Crippen LogP contribution in [-0.2, 0) is 10.3 Å². The maximum absolute atomic E-state index is 9.49. The molecule has 3 heteroatoms. The van der Waals surface area contributed by atoms with Gasteiger partial charge in [-0.25, -0.2) is 0 Å². The Labute approximate surface area is 104 Å². The largest absolute Gasteiger partial charge is 0.394 e. The summed E-state index contributed by atoms with van der Waals surface area (Å²) >= 11 is 0. The summed E-state index contributed by atoms with van der Waals surface area (Å²) in [4.78, 5) is 0. The predicted octanol–water partition coefficient (Wildman–Crippen LogP) is 1.89. The van der Waals surface area contributed by atoms with Crippen molar-refractivity contribution in [2.45, 2.75) is 32.4 Å². The molecule has 0 spiro atoms. The molecule has 17 heavy (non-hydrogen) atoms. The highest BCUT2D eigenvalue weighted by Crippen LogP contribution is 2.19. The van der Waals surface area contributed by atoms with Crippen LogP contribution in [0.3, 0.4) is 0 Å². The molecule has 0 saturated carbocycles. The minimum absolute atomic E-state index is 0.123. The van der Waals surface area contributed by atoms with E-state index in [0.29, 0.717) is 12.5 Å². The van der Waals surface area contributed by atoms with Crippen LogP contribution in [0, 0.1) is 5.92 Å². The van der Waals surface area contributed by atoms with E-state index in [1.807, 2.05) is 37.3 Å². The SMILES string of the molecule is CC(C)C(C)OCC(N)(CO)c1ccccc1. The predicted molar refractivity (Wildman–Crippen MR) is 69.6 cm³/mol. The molecule has 1 aromatic carbocycles. The maximum atomic E-state index is 9.49. The van der Waals surface area contributed by atoms with E-state index in [9.17, 15) is 5.11 Å². The third-order valence-electron chi connectivity index (χ3n) is 3.17. The van der Waals surface area contributed by atoms with E-state index in [2.05, 4.69) is 13.8 Å². The van der Waals surface area contributed by atoms with Crippen LogP contribution in [0.15, 0.2) is 30.3 Å². The molecule has 3 N–H and O–H groups in total. The average molecular weight is 237 g/mol. The zero-order chi connectivity index (χ0) is 12.9. The Balaban J connectivity index is 2.70. The molecular weight excluding hydrogens is 214 g/mol. The number of aliphatic hydroxyl groups is 1. The van der Waals surface area contributed by atoms with Crippen molar-refractivity contribution in [3.63, 3.8) is 0 Å². The van der Waals surface area contributed by atoms with Crippen LogP contribution in [-0.4, -0.2) is 24.4 Å². The molecule has 1 rings (SSSR count). The van der Waals surface area contributed by atoms with E-state index in [1.54, 1.807) is 0 Å². The molecule has 0 aliphatic rings. The molecule has 0 heterocycles. The molecule has 0 bridgehead atoms. The van der Waals surface area contributed by atoms with Gasteiger partial charge in [0.1, 0.15) is 0 Å². The molecule has 96 valence electrons. The summed E-state index contributed by atoms with van der Waals surface area (Å²) in [6.07, 6.45) is 0.133. The van der Waals surface area contributed by atoms with Crippen LogP contribution in [0.5, 0.6) is 0 Å². The summed E-state index contributed by atoms with van der Waals surface area (Å²) in [5.41, 5.74) is 6.28. The number of rotatable bonds is 6. The van der Waals surface area contributed by atoms with Crippen molar-refractivity contribution in [1.29, 1.82) is 0 Å². The van der Waals surface area contributed by atoms with Gasteiger partial charge in [0.2, 0.25) is 0 Å². The maximum Gasteiger partial charge on any atom is 0.0881 e. The second-order valence-corrected chi connectivity index (χ2v) is 4.94. The second kappa shape index (κ2) is 6.15. The molecule has 0 aliphatic carbocycles. The summed E-state index contributed by atoms with van der Waals surface area (Å²) in [5, 5.41) is 9.49. The lowest BCUT2D eigenvalue weighted by Gasteiger charge is -2.30. The summed E-state index contributed by atoms with van der Waals surface area (Å²) in [6, 6.07) is 9.59. The molecule has 2 unspecified atom stereocenters. The smallest absolute Gasteiger partial charge is 0.0881 e. The third-order valence-corrected chi connectivity index (χ3v) is 3.17. The number of ether oxygens (including phenoxy) is 1.